The van der Waals surface area contributed by atoms with Crippen LogP contribution in [0.15, 0.2) is 42.6 Å². The molecule has 94 valence electrons. The molecular weight excluding hydrogens is 261 g/mol. The van der Waals surface area contributed by atoms with Gasteiger partial charge in [-0.15, -0.1) is 11.3 Å². The van der Waals surface area contributed by atoms with Crippen LogP contribution in [0, 0.1) is 5.82 Å². The first-order valence-corrected chi connectivity index (χ1v) is 6.63. The van der Waals surface area contributed by atoms with E-state index in [1.807, 2.05) is 12.1 Å². The maximum absolute atomic E-state index is 13.7. The largest absolute Gasteiger partial charge is 0.294 e. The fraction of sp³-hybridized carbons (Fsp3) is 0.0667. The van der Waals surface area contributed by atoms with Crippen LogP contribution in [0.5, 0.6) is 0 Å². The SMILES string of the molecule is CC(=O)c1cnc(-c2ccc(F)c3ccccc23)s1. The molecule has 0 N–H and O–H groups in total. The predicted octanol–water partition coefficient (Wildman–Crippen LogP) is 4.31. The van der Waals surface area contributed by atoms with Crippen molar-refractivity contribution in [1.29, 1.82) is 0 Å². The van der Waals surface area contributed by atoms with Crippen molar-refractivity contribution in [3.8, 4) is 10.6 Å². The Labute approximate surface area is 113 Å². The normalized spacial score (nSPS) is 10.8. The highest BCUT2D eigenvalue weighted by Crippen LogP contribution is 2.32. The molecule has 3 rings (SSSR count). The van der Waals surface area contributed by atoms with Crippen molar-refractivity contribution in [1.82, 2.24) is 4.98 Å². The maximum Gasteiger partial charge on any atom is 0.171 e. The number of aromatic nitrogens is 1. The molecule has 0 aliphatic carbocycles. The molecule has 0 aliphatic rings. The Kier molecular flexibility index (Phi) is 2.87. The minimum atomic E-state index is -0.248. The van der Waals surface area contributed by atoms with Gasteiger partial charge < -0.3 is 0 Å². The van der Waals surface area contributed by atoms with Crippen molar-refractivity contribution in [2.24, 2.45) is 0 Å². The van der Waals surface area contributed by atoms with E-state index in [1.165, 1.54) is 24.3 Å². The van der Waals surface area contributed by atoms with E-state index >= 15 is 0 Å². The Morgan fingerprint density at radius 1 is 1.16 bits per heavy atom. The number of benzene rings is 2. The number of carbonyl (C=O) groups is 1. The lowest BCUT2D eigenvalue weighted by molar-refractivity contribution is 0.102. The molecule has 4 heteroatoms. The van der Waals surface area contributed by atoms with Gasteiger partial charge in [0.25, 0.3) is 0 Å². The molecule has 0 saturated carbocycles. The van der Waals surface area contributed by atoms with Crippen molar-refractivity contribution in [3.05, 3.63) is 53.3 Å². The fourth-order valence-electron chi connectivity index (χ4n) is 2.01. The van der Waals surface area contributed by atoms with E-state index in [0.29, 0.717) is 10.3 Å². The molecule has 2 aromatic carbocycles. The summed E-state index contributed by atoms with van der Waals surface area (Å²) < 4.78 is 13.7. The van der Waals surface area contributed by atoms with Crippen molar-refractivity contribution >= 4 is 27.9 Å². The monoisotopic (exact) mass is 271 g/mol. The van der Waals surface area contributed by atoms with Crippen LogP contribution in [-0.2, 0) is 0 Å². The summed E-state index contributed by atoms with van der Waals surface area (Å²) in [6.45, 7) is 1.51. The molecule has 0 unspecified atom stereocenters. The van der Waals surface area contributed by atoms with Gasteiger partial charge in [0.1, 0.15) is 10.8 Å². The van der Waals surface area contributed by atoms with Gasteiger partial charge in [0, 0.05) is 24.1 Å². The summed E-state index contributed by atoms with van der Waals surface area (Å²) in [5.41, 5.74) is 0.856. The third-order valence-corrected chi connectivity index (χ3v) is 4.09. The molecule has 0 saturated heterocycles. The number of halogens is 1. The number of hydrogen-bond acceptors (Lipinski definition) is 3. The zero-order valence-electron chi connectivity index (χ0n) is 10.2. The number of nitrogens with zero attached hydrogens (tertiary/aromatic N) is 1. The average molecular weight is 271 g/mol. The summed E-state index contributed by atoms with van der Waals surface area (Å²) in [6, 6.07) is 10.4. The average Bonchev–Trinajstić information content (AvgIpc) is 2.89. The minimum absolute atomic E-state index is 0.00447. The van der Waals surface area contributed by atoms with E-state index in [9.17, 15) is 9.18 Å². The smallest absolute Gasteiger partial charge is 0.171 e. The van der Waals surface area contributed by atoms with E-state index in [4.69, 9.17) is 0 Å². The van der Waals surface area contributed by atoms with Gasteiger partial charge in [0.15, 0.2) is 5.78 Å². The summed E-state index contributed by atoms with van der Waals surface area (Å²) in [4.78, 5) is 16.2. The van der Waals surface area contributed by atoms with Gasteiger partial charge in [0.05, 0.1) is 4.88 Å². The first-order valence-electron chi connectivity index (χ1n) is 5.81. The second-order valence-electron chi connectivity index (χ2n) is 4.23. The lowest BCUT2D eigenvalue weighted by Gasteiger charge is -2.04. The molecule has 1 heterocycles. The topological polar surface area (TPSA) is 30.0 Å². The Balaban J connectivity index is 2.24. The lowest BCUT2D eigenvalue weighted by Crippen LogP contribution is -1.84. The van der Waals surface area contributed by atoms with E-state index in [2.05, 4.69) is 4.98 Å². The maximum atomic E-state index is 13.7. The van der Waals surface area contributed by atoms with Gasteiger partial charge in [-0.3, -0.25) is 4.79 Å². The van der Waals surface area contributed by atoms with Crippen molar-refractivity contribution in [2.45, 2.75) is 6.92 Å². The van der Waals surface area contributed by atoms with E-state index in [0.717, 1.165) is 16.0 Å². The number of rotatable bonds is 2. The van der Waals surface area contributed by atoms with E-state index in [-0.39, 0.29) is 11.6 Å². The first kappa shape index (κ1) is 12.0. The van der Waals surface area contributed by atoms with Gasteiger partial charge in [-0.2, -0.15) is 0 Å². The second-order valence-corrected chi connectivity index (χ2v) is 5.26. The van der Waals surface area contributed by atoms with E-state index in [1.54, 1.807) is 24.4 Å². The number of hydrogen-bond donors (Lipinski definition) is 0. The number of thiazole rings is 1. The highest BCUT2D eigenvalue weighted by molar-refractivity contribution is 7.17. The summed E-state index contributed by atoms with van der Waals surface area (Å²) in [7, 11) is 0. The molecular formula is C15H10FNOS. The van der Waals surface area contributed by atoms with Gasteiger partial charge in [-0.1, -0.05) is 24.3 Å². The molecule has 0 bridgehead atoms. The Morgan fingerprint density at radius 2 is 1.89 bits per heavy atom. The van der Waals surface area contributed by atoms with E-state index < -0.39 is 0 Å². The zero-order chi connectivity index (χ0) is 13.4. The molecule has 0 radical (unpaired) electrons. The van der Waals surface area contributed by atoms with Crippen LogP contribution in [0.3, 0.4) is 0 Å². The van der Waals surface area contributed by atoms with Crippen LogP contribution in [0.25, 0.3) is 21.3 Å². The van der Waals surface area contributed by atoms with Crippen LogP contribution in [-0.4, -0.2) is 10.8 Å². The molecule has 0 spiro atoms. The van der Waals surface area contributed by atoms with Gasteiger partial charge in [-0.05, 0) is 17.5 Å². The predicted molar refractivity (Wildman–Crippen MR) is 75.0 cm³/mol. The molecule has 2 nitrogen and oxygen atoms in total. The third-order valence-electron chi connectivity index (χ3n) is 2.95. The highest BCUT2D eigenvalue weighted by atomic mass is 32.1. The van der Waals surface area contributed by atoms with Gasteiger partial charge >= 0.3 is 0 Å². The third kappa shape index (κ3) is 2.04. The molecule has 0 aliphatic heterocycles. The number of Topliss-reactive ketones (excluding diaryl/α,β-unsaturated/α-hetero) is 1. The Hall–Kier alpha value is -2.07. The Morgan fingerprint density at radius 3 is 2.58 bits per heavy atom. The number of ketones is 1. The highest BCUT2D eigenvalue weighted by Gasteiger charge is 2.12. The van der Waals surface area contributed by atoms with Crippen LogP contribution in [0.4, 0.5) is 4.39 Å². The van der Waals surface area contributed by atoms with Crippen molar-refractivity contribution in [2.75, 3.05) is 0 Å². The molecule has 0 fully saturated rings. The van der Waals surface area contributed by atoms with Crippen LogP contribution in [0.1, 0.15) is 16.6 Å². The van der Waals surface area contributed by atoms with Crippen LogP contribution in [0.2, 0.25) is 0 Å². The fourth-order valence-corrected chi connectivity index (χ4v) is 2.86. The second kappa shape index (κ2) is 4.55. The quantitative estimate of drug-likeness (QED) is 0.650. The van der Waals surface area contributed by atoms with Crippen molar-refractivity contribution in [3.63, 3.8) is 0 Å². The molecule has 19 heavy (non-hydrogen) atoms. The Bertz CT molecular complexity index is 779. The zero-order valence-corrected chi connectivity index (χ0v) is 11.0. The number of fused-ring (bicyclic) bond motifs is 1. The molecule has 1 aromatic heterocycles. The summed E-state index contributed by atoms with van der Waals surface area (Å²) in [5, 5.41) is 2.12. The summed E-state index contributed by atoms with van der Waals surface area (Å²) in [6.07, 6.45) is 1.57. The molecule has 3 aromatic rings. The number of carbonyl (C=O) groups excluding carboxylic acids is 1. The molecule has 0 atom stereocenters. The standard InChI is InChI=1S/C15H10FNOS/c1-9(18)14-8-17-15(19-14)12-6-7-13(16)11-5-3-2-4-10(11)12/h2-8H,1H3. The van der Waals surface area contributed by atoms with Crippen LogP contribution < -0.4 is 0 Å². The summed E-state index contributed by atoms with van der Waals surface area (Å²) >= 11 is 1.33. The van der Waals surface area contributed by atoms with Gasteiger partial charge in [-0.25, -0.2) is 9.37 Å². The lowest BCUT2D eigenvalue weighted by atomic mass is 10.0. The first-order chi connectivity index (χ1) is 9.16. The minimum Gasteiger partial charge on any atom is -0.294 e. The molecule has 0 amide bonds. The van der Waals surface area contributed by atoms with Crippen molar-refractivity contribution < 1.29 is 9.18 Å². The van der Waals surface area contributed by atoms with Gasteiger partial charge in [0.2, 0.25) is 0 Å². The van der Waals surface area contributed by atoms with Crippen LogP contribution >= 0.6 is 11.3 Å². The summed E-state index contributed by atoms with van der Waals surface area (Å²) in [5.74, 6) is -0.252.